The Morgan fingerprint density at radius 2 is 2.00 bits per heavy atom. The highest BCUT2D eigenvalue weighted by molar-refractivity contribution is 5.84. The molecule has 0 aromatic heterocycles. The molecule has 1 fully saturated rings. The highest BCUT2D eigenvalue weighted by Gasteiger charge is 2.28. The molecule has 0 bridgehead atoms. The van der Waals surface area contributed by atoms with Gasteiger partial charge in [-0.2, -0.15) is 0 Å². The van der Waals surface area contributed by atoms with Crippen molar-refractivity contribution in [1.82, 2.24) is 0 Å². The third-order valence-electron chi connectivity index (χ3n) is 2.81. The molecule has 1 amide bonds. The van der Waals surface area contributed by atoms with Crippen molar-refractivity contribution >= 4 is 17.3 Å². The smallest absolute Gasteiger partial charge is 0.240 e. The van der Waals surface area contributed by atoms with Gasteiger partial charge in [0.25, 0.3) is 0 Å². The molecule has 4 nitrogen and oxygen atoms in total. The van der Waals surface area contributed by atoms with Crippen LogP contribution >= 0.6 is 0 Å². The number of benzene rings is 1. The molecular weight excluding hydrogens is 190 g/mol. The third kappa shape index (κ3) is 1.88. The zero-order valence-electron chi connectivity index (χ0n) is 8.52. The number of hydrogen-bond donors (Lipinski definition) is 2. The van der Waals surface area contributed by atoms with Gasteiger partial charge in [0.1, 0.15) is 6.04 Å². The SMILES string of the molecule is NC(=O)C1CCCN1c1ccc(N)cc1. The van der Waals surface area contributed by atoms with Crippen LogP contribution in [0.3, 0.4) is 0 Å². The average molecular weight is 205 g/mol. The normalized spacial score (nSPS) is 20.5. The van der Waals surface area contributed by atoms with Gasteiger partial charge in [0, 0.05) is 17.9 Å². The van der Waals surface area contributed by atoms with Gasteiger partial charge in [0.05, 0.1) is 0 Å². The van der Waals surface area contributed by atoms with Crippen molar-refractivity contribution in [2.45, 2.75) is 18.9 Å². The number of anilines is 2. The first-order valence-corrected chi connectivity index (χ1v) is 5.10. The number of nitrogens with two attached hydrogens (primary N) is 2. The fraction of sp³-hybridized carbons (Fsp3) is 0.364. The zero-order valence-corrected chi connectivity index (χ0v) is 8.52. The van der Waals surface area contributed by atoms with Gasteiger partial charge in [-0.15, -0.1) is 0 Å². The summed E-state index contributed by atoms with van der Waals surface area (Å²) < 4.78 is 0. The predicted molar refractivity (Wildman–Crippen MR) is 60.4 cm³/mol. The number of primary amides is 1. The van der Waals surface area contributed by atoms with Crippen molar-refractivity contribution in [2.24, 2.45) is 5.73 Å². The van der Waals surface area contributed by atoms with Crippen LogP contribution in [-0.4, -0.2) is 18.5 Å². The van der Waals surface area contributed by atoms with Crippen LogP contribution in [0, 0.1) is 0 Å². The van der Waals surface area contributed by atoms with Crippen LogP contribution < -0.4 is 16.4 Å². The van der Waals surface area contributed by atoms with E-state index in [1.54, 1.807) is 0 Å². The third-order valence-corrected chi connectivity index (χ3v) is 2.81. The number of carbonyl (C=O) groups excluding carboxylic acids is 1. The molecule has 4 heteroatoms. The molecular formula is C11H15N3O. The van der Waals surface area contributed by atoms with Gasteiger partial charge >= 0.3 is 0 Å². The van der Waals surface area contributed by atoms with Gasteiger partial charge in [-0.3, -0.25) is 4.79 Å². The monoisotopic (exact) mass is 205 g/mol. The van der Waals surface area contributed by atoms with E-state index in [1.807, 2.05) is 29.2 Å². The minimum atomic E-state index is -0.246. The van der Waals surface area contributed by atoms with Gasteiger partial charge in [-0.25, -0.2) is 0 Å². The summed E-state index contributed by atoms with van der Waals surface area (Å²) in [7, 11) is 0. The lowest BCUT2D eigenvalue weighted by molar-refractivity contribution is -0.119. The quantitative estimate of drug-likeness (QED) is 0.699. The van der Waals surface area contributed by atoms with Gasteiger partial charge < -0.3 is 16.4 Å². The van der Waals surface area contributed by atoms with Crippen molar-refractivity contribution in [3.05, 3.63) is 24.3 Å². The Bertz CT molecular complexity index is 361. The molecule has 1 aromatic rings. The Morgan fingerprint density at radius 3 is 2.60 bits per heavy atom. The fourth-order valence-electron chi connectivity index (χ4n) is 2.04. The molecule has 1 aliphatic heterocycles. The van der Waals surface area contributed by atoms with Gasteiger partial charge in [-0.05, 0) is 37.1 Å². The first kappa shape index (κ1) is 9.83. The molecule has 0 spiro atoms. The van der Waals surface area contributed by atoms with E-state index in [9.17, 15) is 4.79 Å². The summed E-state index contributed by atoms with van der Waals surface area (Å²) in [5.74, 6) is -0.246. The van der Waals surface area contributed by atoms with Crippen LogP contribution in [0.1, 0.15) is 12.8 Å². The molecule has 2 rings (SSSR count). The molecule has 1 unspecified atom stereocenters. The molecule has 1 aromatic carbocycles. The van der Waals surface area contributed by atoms with E-state index in [0.29, 0.717) is 0 Å². The second-order valence-corrected chi connectivity index (χ2v) is 3.85. The Morgan fingerprint density at radius 1 is 1.33 bits per heavy atom. The van der Waals surface area contributed by atoms with Crippen molar-refractivity contribution in [1.29, 1.82) is 0 Å². The maximum Gasteiger partial charge on any atom is 0.240 e. The number of nitrogens with zero attached hydrogens (tertiary/aromatic N) is 1. The van der Waals surface area contributed by atoms with Crippen LogP contribution in [-0.2, 0) is 4.79 Å². The number of hydrogen-bond acceptors (Lipinski definition) is 3. The highest BCUT2D eigenvalue weighted by Crippen LogP contribution is 2.25. The largest absolute Gasteiger partial charge is 0.399 e. The minimum Gasteiger partial charge on any atom is -0.399 e. The van der Waals surface area contributed by atoms with E-state index in [4.69, 9.17) is 11.5 Å². The maximum atomic E-state index is 11.2. The van der Waals surface area contributed by atoms with Crippen molar-refractivity contribution in [3.8, 4) is 0 Å². The number of amides is 1. The summed E-state index contributed by atoms with van der Waals surface area (Å²) in [4.78, 5) is 13.3. The van der Waals surface area contributed by atoms with Crippen molar-refractivity contribution < 1.29 is 4.79 Å². The van der Waals surface area contributed by atoms with Crippen LogP contribution in [0.4, 0.5) is 11.4 Å². The lowest BCUT2D eigenvalue weighted by Crippen LogP contribution is -2.40. The predicted octanol–water partition coefficient (Wildman–Crippen LogP) is 0.723. The molecule has 0 aliphatic carbocycles. The summed E-state index contributed by atoms with van der Waals surface area (Å²) in [6, 6.07) is 7.37. The van der Waals surface area contributed by atoms with Crippen molar-refractivity contribution in [2.75, 3.05) is 17.2 Å². The van der Waals surface area contributed by atoms with E-state index >= 15 is 0 Å². The molecule has 1 heterocycles. The number of nitrogen functional groups attached to an aromatic ring is 1. The molecule has 1 saturated heterocycles. The Balaban J connectivity index is 2.22. The van der Waals surface area contributed by atoms with Crippen LogP contribution in [0.15, 0.2) is 24.3 Å². The lowest BCUT2D eigenvalue weighted by Gasteiger charge is -2.24. The van der Waals surface area contributed by atoms with Gasteiger partial charge in [0.2, 0.25) is 5.91 Å². The highest BCUT2D eigenvalue weighted by atomic mass is 16.1. The molecule has 0 saturated carbocycles. The molecule has 80 valence electrons. The molecule has 15 heavy (non-hydrogen) atoms. The first-order valence-electron chi connectivity index (χ1n) is 5.10. The molecule has 0 radical (unpaired) electrons. The number of rotatable bonds is 2. The summed E-state index contributed by atoms with van der Waals surface area (Å²) in [5, 5.41) is 0. The summed E-state index contributed by atoms with van der Waals surface area (Å²) >= 11 is 0. The Kier molecular flexibility index (Phi) is 2.49. The van der Waals surface area contributed by atoms with Crippen LogP contribution in [0.2, 0.25) is 0 Å². The van der Waals surface area contributed by atoms with E-state index in [1.165, 1.54) is 0 Å². The van der Waals surface area contributed by atoms with E-state index in [-0.39, 0.29) is 11.9 Å². The Hall–Kier alpha value is -1.71. The van der Waals surface area contributed by atoms with E-state index < -0.39 is 0 Å². The summed E-state index contributed by atoms with van der Waals surface area (Å²) in [6.45, 7) is 0.886. The molecule has 1 aliphatic rings. The second-order valence-electron chi connectivity index (χ2n) is 3.85. The fourth-order valence-corrected chi connectivity index (χ4v) is 2.04. The number of carbonyl (C=O) groups is 1. The van der Waals surface area contributed by atoms with Crippen LogP contribution in [0.5, 0.6) is 0 Å². The van der Waals surface area contributed by atoms with Gasteiger partial charge in [0.15, 0.2) is 0 Å². The van der Waals surface area contributed by atoms with Crippen LogP contribution in [0.25, 0.3) is 0 Å². The second kappa shape index (κ2) is 3.81. The summed E-state index contributed by atoms with van der Waals surface area (Å²) in [5.41, 5.74) is 12.7. The van der Waals surface area contributed by atoms with E-state index in [0.717, 1.165) is 30.8 Å². The zero-order chi connectivity index (χ0) is 10.8. The molecule has 1 atom stereocenters. The standard InChI is InChI=1S/C11H15N3O/c12-8-3-5-9(6-4-8)14-7-1-2-10(14)11(13)15/h3-6,10H,1-2,7,12H2,(H2,13,15). The maximum absolute atomic E-state index is 11.2. The van der Waals surface area contributed by atoms with E-state index in [2.05, 4.69) is 0 Å². The van der Waals surface area contributed by atoms with Crippen molar-refractivity contribution in [3.63, 3.8) is 0 Å². The topological polar surface area (TPSA) is 72.4 Å². The summed E-state index contributed by atoms with van der Waals surface area (Å²) in [6.07, 6.45) is 1.86. The minimum absolute atomic E-state index is 0.159. The average Bonchev–Trinajstić information content (AvgIpc) is 2.67. The molecule has 4 N–H and O–H groups in total. The first-order chi connectivity index (χ1) is 7.18. The van der Waals surface area contributed by atoms with Gasteiger partial charge in [-0.1, -0.05) is 0 Å². The lowest BCUT2D eigenvalue weighted by atomic mass is 10.2. The Labute approximate surface area is 88.9 Å².